The number of nitrogens with one attached hydrogen (secondary N) is 3. The molecule has 0 spiro atoms. The predicted molar refractivity (Wildman–Crippen MR) is 97.3 cm³/mol. The van der Waals surface area contributed by atoms with Crippen LogP contribution in [0.3, 0.4) is 0 Å². The summed E-state index contributed by atoms with van der Waals surface area (Å²) in [5.74, 6) is -1.88. The maximum absolute atomic E-state index is 12.2. The van der Waals surface area contributed by atoms with E-state index in [1.54, 1.807) is 35.2 Å². The van der Waals surface area contributed by atoms with E-state index >= 15 is 0 Å². The highest BCUT2D eigenvalue weighted by Crippen LogP contribution is 2.15. The van der Waals surface area contributed by atoms with Crippen molar-refractivity contribution in [3.8, 4) is 0 Å². The molecule has 1 aromatic carbocycles. The molecule has 0 aliphatic carbocycles. The summed E-state index contributed by atoms with van der Waals surface area (Å²) in [6.07, 6.45) is 2.84. The molecular formula is C19H20N4O5. The van der Waals surface area contributed by atoms with Crippen molar-refractivity contribution in [2.45, 2.75) is 25.9 Å². The molecule has 2 heterocycles. The molecule has 0 unspecified atom stereocenters. The molecule has 1 aromatic heterocycles. The number of carbonyl (C=O) groups is 4. The molecule has 1 fully saturated rings. The van der Waals surface area contributed by atoms with E-state index in [-0.39, 0.29) is 12.5 Å². The molecule has 3 N–H and O–H groups in total. The summed E-state index contributed by atoms with van der Waals surface area (Å²) in [6, 6.07) is 10.1. The van der Waals surface area contributed by atoms with Gasteiger partial charge in [0.2, 0.25) is 5.91 Å². The van der Waals surface area contributed by atoms with Gasteiger partial charge in [0, 0.05) is 25.1 Å². The minimum atomic E-state index is -1.00. The first-order valence-electron chi connectivity index (χ1n) is 8.80. The van der Waals surface area contributed by atoms with E-state index in [4.69, 9.17) is 4.42 Å². The molecular weight excluding hydrogens is 364 g/mol. The Morgan fingerprint density at radius 2 is 1.93 bits per heavy atom. The summed E-state index contributed by atoms with van der Waals surface area (Å²) in [7, 11) is 0. The van der Waals surface area contributed by atoms with Gasteiger partial charge in [0.25, 0.3) is 5.91 Å². The van der Waals surface area contributed by atoms with Crippen LogP contribution in [0.1, 0.15) is 34.5 Å². The SMILES string of the molecule is O=C(NCc1ccco1)C(=O)NNC(=O)c1cccc(CN2CCCC2=O)c1. The molecule has 0 saturated carbocycles. The molecule has 1 aliphatic heterocycles. The third-order valence-corrected chi connectivity index (χ3v) is 4.23. The van der Waals surface area contributed by atoms with Gasteiger partial charge in [0.15, 0.2) is 0 Å². The van der Waals surface area contributed by atoms with E-state index in [1.807, 2.05) is 6.07 Å². The lowest BCUT2D eigenvalue weighted by atomic mass is 10.1. The Labute approximate surface area is 161 Å². The van der Waals surface area contributed by atoms with Crippen LogP contribution >= 0.6 is 0 Å². The number of benzene rings is 1. The number of amides is 4. The van der Waals surface area contributed by atoms with Gasteiger partial charge in [-0.1, -0.05) is 12.1 Å². The van der Waals surface area contributed by atoms with Crippen molar-refractivity contribution in [3.63, 3.8) is 0 Å². The first kappa shape index (κ1) is 19.2. The lowest BCUT2D eigenvalue weighted by molar-refractivity contribution is -0.139. The number of hydrogen-bond acceptors (Lipinski definition) is 5. The first-order chi connectivity index (χ1) is 13.5. The fourth-order valence-corrected chi connectivity index (χ4v) is 2.81. The van der Waals surface area contributed by atoms with E-state index in [0.29, 0.717) is 30.8 Å². The lowest BCUT2D eigenvalue weighted by Crippen LogP contribution is -2.48. The van der Waals surface area contributed by atoms with Crippen LogP contribution in [-0.4, -0.2) is 35.1 Å². The number of likely N-dealkylation sites (tertiary alicyclic amines) is 1. The van der Waals surface area contributed by atoms with Crippen LogP contribution in [0.25, 0.3) is 0 Å². The summed E-state index contributed by atoms with van der Waals surface area (Å²) in [5.41, 5.74) is 5.38. The molecule has 0 radical (unpaired) electrons. The van der Waals surface area contributed by atoms with Gasteiger partial charge in [0.05, 0.1) is 12.8 Å². The Morgan fingerprint density at radius 3 is 2.64 bits per heavy atom. The highest BCUT2D eigenvalue weighted by atomic mass is 16.3. The summed E-state index contributed by atoms with van der Waals surface area (Å²) < 4.78 is 5.04. The standard InChI is InChI=1S/C19H20N4O5/c24-16-7-2-8-23(16)12-13-4-1-5-14(10-13)17(25)21-22-19(27)18(26)20-11-15-6-3-9-28-15/h1,3-6,9-10H,2,7-8,11-12H2,(H,20,26)(H,21,25)(H,22,27). The molecule has 4 amide bonds. The van der Waals surface area contributed by atoms with Gasteiger partial charge in [-0.2, -0.15) is 0 Å². The normalized spacial score (nSPS) is 13.3. The molecule has 9 heteroatoms. The first-order valence-corrected chi connectivity index (χ1v) is 8.80. The van der Waals surface area contributed by atoms with Crippen LogP contribution in [0.15, 0.2) is 47.1 Å². The van der Waals surface area contributed by atoms with Crippen molar-refractivity contribution in [1.82, 2.24) is 21.1 Å². The molecule has 28 heavy (non-hydrogen) atoms. The van der Waals surface area contributed by atoms with Gasteiger partial charge >= 0.3 is 11.8 Å². The van der Waals surface area contributed by atoms with E-state index < -0.39 is 17.7 Å². The number of hydrogen-bond donors (Lipinski definition) is 3. The Bertz CT molecular complexity index is 878. The lowest BCUT2D eigenvalue weighted by Gasteiger charge is -2.16. The Balaban J connectivity index is 1.48. The highest BCUT2D eigenvalue weighted by Gasteiger charge is 2.20. The van der Waals surface area contributed by atoms with Crippen molar-refractivity contribution in [3.05, 3.63) is 59.5 Å². The van der Waals surface area contributed by atoms with Crippen LogP contribution in [0.4, 0.5) is 0 Å². The second-order valence-corrected chi connectivity index (χ2v) is 6.29. The van der Waals surface area contributed by atoms with E-state index in [2.05, 4.69) is 16.2 Å². The fourth-order valence-electron chi connectivity index (χ4n) is 2.81. The maximum Gasteiger partial charge on any atom is 0.327 e. The minimum Gasteiger partial charge on any atom is -0.467 e. The minimum absolute atomic E-state index is 0.0600. The van der Waals surface area contributed by atoms with Crippen molar-refractivity contribution in [2.24, 2.45) is 0 Å². The van der Waals surface area contributed by atoms with E-state index in [0.717, 1.165) is 12.0 Å². The summed E-state index contributed by atoms with van der Waals surface area (Å²) in [4.78, 5) is 49.1. The fraction of sp³-hybridized carbons (Fsp3) is 0.263. The summed E-state index contributed by atoms with van der Waals surface area (Å²) in [6.45, 7) is 1.20. The molecule has 0 atom stereocenters. The van der Waals surface area contributed by atoms with Crippen molar-refractivity contribution < 1.29 is 23.6 Å². The van der Waals surface area contributed by atoms with Gasteiger partial charge < -0.3 is 14.6 Å². The molecule has 1 saturated heterocycles. The van der Waals surface area contributed by atoms with Crippen LogP contribution in [-0.2, 0) is 27.5 Å². The molecule has 146 valence electrons. The average Bonchev–Trinajstić information content (AvgIpc) is 3.36. The average molecular weight is 384 g/mol. The molecule has 3 rings (SSSR count). The van der Waals surface area contributed by atoms with Crippen molar-refractivity contribution in [1.29, 1.82) is 0 Å². The number of furan rings is 1. The van der Waals surface area contributed by atoms with E-state index in [1.165, 1.54) is 6.26 Å². The second kappa shape index (κ2) is 8.85. The van der Waals surface area contributed by atoms with Gasteiger partial charge in [0.1, 0.15) is 5.76 Å². The zero-order valence-corrected chi connectivity index (χ0v) is 15.1. The summed E-state index contributed by atoms with van der Waals surface area (Å²) >= 11 is 0. The van der Waals surface area contributed by atoms with Gasteiger partial charge in [-0.05, 0) is 36.2 Å². The smallest absolute Gasteiger partial charge is 0.327 e. The van der Waals surface area contributed by atoms with Gasteiger partial charge in [-0.25, -0.2) is 0 Å². The zero-order valence-electron chi connectivity index (χ0n) is 15.1. The highest BCUT2D eigenvalue weighted by molar-refractivity contribution is 6.35. The summed E-state index contributed by atoms with van der Waals surface area (Å²) in [5, 5.41) is 2.37. The van der Waals surface area contributed by atoms with Crippen LogP contribution < -0.4 is 16.2 Å². The Morgan fingerprint density at radius 1 is 1.07 bits per heavy atom. The Kier molecular flexibility index (Phi) is 6.05. The quantitative estimate of drug-likeness (QED) is 0.511. The second-order valence-electron chi connectivity index (χ2n) is 6.29. The number of rotatable bonds is 5. The molecule has 2 aromatic rings. The number of nitrogens with zero attached hydrogens (tertiary/aromatic N) is 1. The monoisotopic (exact) mass is 384 g/mol. The maximum atomic E-state index is 12.2. The molecule has 1 aliphatic rings. The Hall–Kier alpha value is -3.62. The van der Waals surface area contributed by atoms with Crippen LogP contribution in [0.5, 0.6) is 0 Å². The van der Waals surface area contributed by atoms with Crippen LogP contribution in [0.2, 0.25) is 0 Å². The van der Waals surface area contributed by atoms with Crippen molar-refractivity contribution >= 4 is 23.6 Å². The van der Waals surface area contributed by atoms with Gasteiger partial charge in [-0.3, -0.25) is 30.0 Å². The number of carbonyl (C=O) groups excluding carboxylic acids is 4. The largest absolute Gasteiger partial charge is 0.467 e. The third-order valence-electron chi connectivity index (χ3n) is 4.23. The topological polar surface area (TPSA) is 121 Å². The van der Waals surface area contributed by atoms with Crippen molar-refractivity contribution in [2.75, 3.05) is 6.54 Å². The predicted octanol–water partition coefficient (Wildman–Crippen LogP) is 0.479. The van der Waals surface area contributed by atoms with Gasteiger partial charge in [-0.15, -0.1) is 0 Å². The number of hydrazine groups is 1. The van der Waals surface area contributed by atoms with Crippen LogP contribution in [0, 0.1) is 0 Å². The zero-order chi connectivity index (χ0) is 19.9. The third kappa shape index (κ3) is 4.97. The van der Waals surface area contributed by atoms with E-state index in [9.17, 15) is 19.2 Å². The molecule has 9 nitrogen and oxygen atoms in total. The molecule has 0 bridgehead atoms.